The lowest BCUT2D eigenvalue weighted by molar-refractivity contribution is 0.194. The Morgan fingerprint density at radius 2 is 1.55 bits per heavy atom. The first-order valence-corrected chi connectivity index (χ1v) is 8.80. The van der Waals surface area contributed by atoms with Gasteiger partial charge in [0.2, 0.25) is 0 Å². The first-order valence-electron chi connectivity index (χ1n) is 7.58. The van der Waals surface area contributed by atoms with Crippen molar-refractivity contribution in [2.45, 2.75) is 32.5 Å². The van der Waals surface area contributed by atoms with E-state index in [9.17, 15) is 4.57 Å². The standard InChI is InChI=1S/C18H23NO2P/c1-4-15-19(16-11-7-5-8-12-16)22(20)18(2,3)21-17-13-9-6-10-14-17/h5-14H,4,15H2,1-3H3/q+1. The Labute approximate surface area is 133 Å². The van der Waals surface area contributed by atoms with Crippen molar-refractivity contribution in [1.82, 2.24) is 0 Å². The molecule has 0 aliphatic rings. The second-order valence-corrected chi connectivity index (χ2v) is 7.70. The van der Waals surface area contributed by atoms with E-state index in [2.05, 4.69) is 6.92 Å². The lowest BCUT2D eigenvalue weighted by Crippen LogP contribution is -2.31. The van der Waals surface area contributed by atoms with Crippen molar-refractivity contribution in [2.75, 3.05) is 11.2 Å². The van der Waals surface area contributed by atoms with E-state index in [1.807, 2.05) is 79.2 Å². The molecule has 3 nitrogen and oxygen atoms in total. The number of benzene rings is 2. The highest BCUT2D eigenvalue weighted by atomic mass is 31.1. The fourth-order valence-corrected chi connectivity index (χ4v) is 3.73. The summed E-state index contributed by atoms with van der Waals surface area (Å²) in [6.07, 6.45) is 0.928. The number of rotatable bonds is 7. The van der Waals surface area contributed by atoms with Crippen molar-refractivity contribution in [1.29, 1.82) is 0 Å². The molecule has 0 fully saturated rings. The van der Waals surface area contributed by atoms with Gasteiger partial charge in [0.15, 0.2) is 0 Å². The predicted octanol–water partition coefficient (Wildman–Crippen LogP) is 5.46. The first-order chi connectivity index (χ1) is 10.5. The molecule has 0 saturated carbocycles. The summed E-state index contributed by atoms with van der Waals surface area (Å²) < 4.78 is 21.0. The number of ether oxygens (including phenoxy) is 1. The van der Waals surface area contributed by atoms with Crippen LogP contribution < -0.4 is 9.41 Å². The van der Waals surface area contributed by atoms with Gasteiger partial charge < -0.3 is 4.74 Å². The van der Waals surface area contributed by atoms with Crippen LogP contribution in [-0.2, 0) is 4.57 Å². The molecule has 0 radical (unpaired) electrons. The SMILES string of the molecule is CCCN(c1ccccc1)[P+](=O)C(C)(C)Oc1ccccc1. The van der Waals surface area contributed by atoms with E-state index >= 15 is 0 Å². The van der Waals surface area contributed by atoms with Crippen LogP contribution in [-0.4, -0.2) is 11.9 Å². The number of para-hydroxylation sites is 2. The van der Waals surface area contributed by atoms with Gasteiger partial charge in [0.25, 0.3) is 0 Å². The third-order valence-electron chi connectivity index (χ3n) is 3.28. The fourth-order valence-electron chi connectivity index (χ4n) is 2.24. The summed E-state index contributed by atoms with van der Waals surface area (Å²) in [5, 5.41) is -0.776. The van der Waals surface area contributed by atoms with Gasteiger partial charge in [0.05, 0.1) is 12.2 Å². The molecular weight excluding hydrogens is 293 g/mol. The topological polar surface area (TPSA) is 29.5 Å². The van der Waals surface area contributed by atoms with Crippen LogP contribution in [0.15, 0.2) is 60.7 Å². The van der Waals surface area contributed by atoms with Crippen LogP contribution in [0.2, 0.25) is 0 Å². The molecule has 0 aliphatic heterocycles. The van der Waals surface area contributed by atoms with Crippen LogP contribution in [0.3, 0.4) is 0 Å². The molecule has 0 aliphatic carbocycles. The van der Waals surface area contributed by atoms with Crippen LogP contribution in [0.4, 0.5) is 5.69 Å². The van der Waals surface area contributed by atoms with Gasteiger partial charge in [-0.2, -0.15) is 4.67 Å². The highest BCUT2D eigenvalue weighted by molar-refractivity contribution is 7.48. The minimum Gasteiger partial charge on any atom is -0.443 e. The van der Waals surface area contributed by atoms with Gasteiger partial charge in [0.1, 0.15) is 5.75 Å². The molecule has 0 N–H and O–H groups in total. The summed E-state index contributed by atoms with van der Waals surface area (Å²) in [6.45, 7) is 6.58. The molecule has 0 bridgehead atoms. The number of hydrogen-bond acceptors (Lipinski definition) is 2. The van der Waals surface area contributed by atoms with E-state index in [1.165, 1.54) is 0 Å². The molecule has 2 rings (SSSR count). The first kappa shape index (κ1) is 16.5. The predicted molar refractivity (Wildman–Crippen MR) is 92.8 cm³/mol. The van der Waals surface area contributed by atoms with Crippen LogP contribution in [0, 0.1) is 0 Å². The average Bonchev–Trinajstić information content (AvgIpc) is 2.53. The Balaban J connectivity index is 2.22. The minimum absolute atomic E-state index is 0.736. The van der Waals surface area contributed by atoms with Crippen molar-refractivity contribution < 1.29 is 9.30 Å². The number of hydrogen-bond donors (Lipinski definition) is 0. The summed E-state index contributed by atoms with van der Waals surface area (Å²) in [7, 11) is -1.73. The maximum atomic E-state index is 13.1. The molecule has 1 atom stereocenters. The molecule has 0 spiro atoms. The summed E-state index contributed by atoms with van der Waals surface area (Å²) in [5.74, 6) is 0.736. The van der Waals surface area contributed by atoms with E-state index in [1.54, 1.807) is 0 Å². The molecule has 2 aromatic carbocycles. The van der Waals surface area contributed by atoms with E-state index in [4.69, 9.17) is 4.74 Å². The van der Waals surface area contributed by atoms with Gasteiger partial charge in [-0.1, -0.05) is 43.3 Å². The summed E-state index contributed by atoms with van der Waals surface area (Å²) >= 11 is 0. The quantitative estimate of drug-likeness (QED) is 0.635. The van der Waals surface area contributed by atoms with Gasteiger partial charge in [-0.25, -0.2) is 0 Å². The lowest BCUT2D eigenvalue weighted by Gasteiger charge is -2.22. The van der Waals surface area contributed by atoms with Gasteiger partial charge in [-0.3, -0.25) is 0 Å². The Bertz CT molecular complexity index is 599. The van der Waals surface area contributed by atoms with Crippen LogP contribution >= 0.6 is 7.95 Å². The highest BCUT2D eigenvalue weighted by Crippen LogP contribution is 2.45. The molecule has 0 aromatic heterocycles. The maximum Gasteiger partial charge on any atom is 0.509 e. The molecule has 4 heteroatoms. The number of nitrogens with zero attached hydrogens (tertiary/aromatic N) is 1. The molecule has 0 amide bonds. The van der Waals surface area contributed by atoms with Crippen LogP contribution in [0.1, 0.15) is 27.2 Å². The lowest BCUT2D eigenvalue weighted by atomic mass is 10.3. The Morgan fingerprint density at radius 1 is 1.00 bits per heavy atom. The second kappa shape index (κ2) is 7.42. The second-order valence-electron chi connectivity index (χ2n) is 5.59. The van der Waals surface area contributed by atoms with Crippen molar-refractivity contribution in [3.63, 3.8) is 0 Å². The Kier molecular flexibility index (Phi) is 5.57. The van der Waals surface area contributed by atoms with E-state index < -0.39 is 13.3 Å². The molecule has 0 saturated heterocycles. The van der Waals surface area contributed by atoms with Crippen LogP contribution in [0.25, 0.3) is 0 Å². The van der Waals surface area contributed by atoms with Crippen molar-refractivity contribution in [3.05, 3.63) is 60.7 Å². The zero-order chi connectivity index (χ0) is 16.0. The highest BCUT2D eigenvalue weighted by Gasteiger charge is 2.47. The summed E-state index contributed by atoms with van der Waals surface area (Å²) in [6, 6.07) is 19.4. The maximum absolute atomic E-state index is 13.1. The van der Waals surface area contributed by atoms with Gasteiger partial charge in [-0.15, -0.1) is 0 Å². The third kappa shape index (κ3) is 4.08. The molecular formula is C18H23NO2P+. The van der Waals surface area contributed by atoms with Crippen molar-refractivity contribution >= 4 is 13.6 Å². The average molecular weight is 316 g/mol. The van der Waals surface area contributed by atoms with E-state index in [0.717, 1.165) is 24.4 Å². The largest absolute Gasteiger partial charge is 0.509 e. The van der Waals surface area contributed by atoms with Crippen molar-refractivity contribution in [3.8, 4) is 5.75 Å². The smallest absolute Gasteiger partial charge is 0.443 e. The molecule has 116 valence electrons. The van der Waals surface area contributed by atoms with E-state index in [0.29, 0.717) is 0 Å². The summed E-state index contributed by atoms with van der Waals surface area (Å²) in [4.78, 5) is 0. The molecule has 22 heavy (non-hydrogen) atoms. The monoisotopic (exact) mass is 316 g/mol. The number of anilines is 1. The van der Waals surface area contributed by atoms with E-state index in [-0.39, 0.29) is 0 Å². The molecule has 2 aromatic rings. The molecule has 1 unspecified atom stereocenters. The minimum atomic E-state index is -1.73. The van der Waals surface area contributed by atoms with Gasteiger partial charge in [-0.05, 0) is 35.3 Å². The van der Waals surface area contributed by atoms with Crippen LogP contribution in [0.5, 0.6) is 5.75 Å². The van der Waals surface area contributed by atoms with Gasteiger partial charge >= 0.3 is 13.3 Å². The Hall–Kier alpha value is -1.86. The van der Waals surface area contributed by atoms with Crippen molar-refractivity contribution in [2.24, 2.45) is 0 Å². The van der Waals surface area contributed by atoms with Gasteiger partial charge in [0, 0.05) is 13.8 Å². The zero-order valence-corrected chi connectivity index (χ0v) is 14.3. The fraction of sp³-hybridized carbons (Fsp3) is 0.333. The normalized spacial score (nSPS) is 11.9. The summed E-state index contributed by atoms with van der Waals surface area (Å²) in [5.41, 5.74) is 0.968. The molecule has 0 heterocycles. The zero-order valence-electron chi connectivity index (χ0n) is 13.4. The third-order valence-corrected chi connectivity index (χ3v) is 5.16. The Morgan fingerprint density at radius 3 is 2.09 bits per heavy atom.